The number of nitrogens with zero attached hydrogens (tertiary/aromatic N) is 2. The molecule has 0 bridgehead atoms. The fraction of sp³-hybridized carbons (Fsp3) is 0.333. The maximum atomic E-state index is 13.3. The first-order valence-electron chi connectivity index (χ1n) is 9.29. The minimum Gasteiger partial charge on any atom is -0.493 e. The Balaban J connectivity index is 1.98. The van der Waals surface area contributed by atoms with Gasteiger partial charge in [-0.05, 0) is 36.8 Å². The van der Waals surface area contributed by atoms with Crippen LogP contribution in [-0.2, 0) is 6.18 Å². The summed E-state index contributed by atoms with van der Waals surface area (Å²) >= 11 is 1.32. The van der Waals surface area contributed by atoms with E-state index in [1.165, 1.54) is 62.3 Å². The third kappa shape index (κ3) is 5.07. The first-order chi connectivity index (χ1) is 14.8. The van der Waals surface area contributed by atoms with Crippen molar-refractivity contribution in [2.75, 3.05) is 33.6 Å². The largest absolute Gasteiger partial charge is 0.493 e. The average molecular weight is 454 g/mol. The van der Waals surface area contributed by atoms with E-state index in [0.29, 0.717) is 34.7 Å². The SMILES string of the molecule is COc1cc(C(=O)N2CCCSC2=Nc2cccc(C(F)(F)F)c2)cc(OC)c1OC. The van der Waals surface area contributed by atoms with Gasteiger partial charge in [0.1, 0.15) is 0 Å². The van der Waals surface area contributed by atoms with E-state index in [1.54, 1.807) is 0 Å². The van der Waals surface area contributed by atoms with Crippen LogP contribution in [0.2, 0.25) is 0 Å². The molecule has 0 aromatic heterocycles. The third-order valence-electron chi connectivity index (χ3n) is 4.54. The van der Waals surface area contributed by atoms with Gasteiger partial charge in [0.05, 0.1) is 32.6 Å². The lowest BCUT2D eigenvalue weighted by molar-refractivity contribution is -0.137. The van der Waals surface area contributed by atoms with E-state index in [9.17, 15) is 18.0 Å². The zero-order valence-electron chi connectivity index (χ0n) is 17.2. The van der Waals surface area contributed by atoms with Gasteiger partial charge in [0.2, 0.25) is 5.75 Å². The lowest BCUT2D eigenvalue weighted by atomic mass is 10.1. The van der Waals surface area contributed by atoms with E-state index in [2.05, 4.69) is 4.99 Å². The molecule has 0 radical (unpaired) electrons. The zero-order chi connectivity index (χ0) is 22.6. The lowest BCUT2D eigenvalue weighted by Gasteiger charge is -2.28. The van der Waals surface area contributed by atoms with Crippen molar-refractivity contribution in [2.45, 2.75) is 12.6 Å². The number of aliphatic imine (C=N–C) groups is 1. The Hall–Kier alpha value is -2.88. The van der Waals surface area contributed by atoms with Crippen molar-refractivity contribution in [3.8, 4) is 17.2 Å². The molecule has 1 aliphatic rings. The highest BCUT2D eigenvalue weighted by Gasteiger charge is 2.31. The Morgan fingerprint density at radius 1 is 1.06 bits per heavy atom. The van der Waals surface area contributed by atoms with Gasteiger partial charge in [-0.1, -0.05) is 17.8 Å². The van der Waals surface area contributed by atoms with Gasteiger partial charge in [0.25, 0.3) is 5.91 Å². The number of hydrogen-bond acceptors (Lipinski definition) is 6. The summed E-state index contributed by atoms with van der Waals surface area (Å²) in [4.78, 5) is 19.1. The maximum Gasteiger partial charge on any atom is 0.416 e. The van der Waals surface area contributed by atoms with E-state index in [4.69, 9.17) is 14.2 Å². The smallest absolute Gasteiger partial charge is 0.416 e. The van der Waals surface area contributed by atoms with E-state index in [0.717, 1.165) is 18.6 Å². The monoisotopic (exact) mass is 454 g/mol. The minimum atomic E-state index is -4.47. The topological polar surface area (TPSA) is 60.4 Å². The predicted molar refractivity (Wildman–Crippen MR) is 113 cm³/mol. The Morgan fingerprint density at radius 3 is 2.32 bits per heavy atom. The highest BCUT2D eigenvalue weighted by molar-refractivity contribution is 8.13. The fourth-order valence-corrected chi connectivity index (χ4v) is 4.02. The Kier molecular flexibility index (Phi) is 6.99. The first kappa shape index (κ1) is 22.8. The molecule has 2 aromatic rings. The number of amides is 1. The number of ether oxygens (including phenoxy) is 3. The van der Waals surface area contributed by atoms with Crippen LogP contribution in [0, 0.1) is 0 Å². The number of alkyl halides is 3. The standard InChI is InChI=1S/C21H21F3N2O4S/c1-28-16-10-13(11-17(29-2)18(16)30-3)19(27)26-8-5-9-31-20(26)25-15-7-4-6-14(12-15)21(22,23)24/h4,6-7,10-12H,5,8-9H2,1-3H3. The molecule has 0 N–H and O–H groups in total. The maximum absolute atomic E-state index is 13.3. The molecule has 1 amide bonds. The molecule has 0 atom stereocenters. The summed E-state index contributed by atoms with van der Waals surface area (Å²) in [5, 5.41) is 0.337. The molecular weight excluding hydrogens is 433 g/mol. The van der Waals surface area contributed by atoms with Gasteiger partial charge >= 0.3 is 6.18 Å². The van der Waals surface area contributed by atoms with Crippen LogP contribution < -0.4 is 14.2 Å². The second-order valence-corrected chi connectivity index (χ2v) is 7.58. The predicted octanol–water partition coefficient (Wildman–Crippen LogP) is 5.00. The molecule has 1 fully saturated rings. The summed E-state index contributed by atoms with van der Waals surface area (Å²) in [7, 11) is 4.36. The van der Waals surface area contributed by atoms with Crippen LogP contribution in [0.4, 0.5) is 18.9 Å². The normalized spacial score (nSPS) is 15.7. The molecule has 166 valence electrons. The third-order valence-corrected chi connectivity index (χ3v) is 5.61. The van der Waals surface area contributed by atoms with Crippen molar-refractivity contribution in [1.29, 1.82) is 0 Å². The van der Waals surface area contributed by atoms with Crippen molar-refractivity contribution in [3.63, 3.8) is 0 Å². The van der Waals surface area contributed by atoms with Crippen LogP contribution >= 0.6 is 11.8 Å². The van der Waals surface area contributed by atoms with Gasteiger partial charge in [-0.2, -0.15) is 13.2 Å². The second-order valence-electron chi connectivity index (χ2n) is 6.52. The molecule has 0 saturated carbocycles. The lowest BCUT2D eigenvalue weighted by Crippen LogP contribution is -2.39. The van der Waals surface area contributed by atoms with Gasteiger partial charge in [-0.25, -0.2) is 4.99 Å². The van der Waals surface area contributed by atoms with Crippen molar-refractivity contribution < 1.29 is 32.2 Å². The highest BCUT2D eigenvalue weighted by atomic mass is 32.2. The molecule has 0 aliphatic carbocycles. The van der Waals surface area contributed by atoms with Crippen molar-refractivity contribution in [2.24, 2.45) is 4.99 Å². The number of halogens is 3. The average Bonchev–Trinajstić information content (AvgIpc) is 2.77. The number of hydrogen-bond donors (Lipinski definition) is 0. The van der Waals surface area contributed by atoms with Gasteiger partial charge in [-0.15, -0.1) is 0 Å². The molecule has 3 rings (SSSR count). The van der Waals surface area contributed by atoms with Crippen LogP contribution in [0.15, 0.2) is 41.4 Å². The number of carbonyl (C=O) groups excluding carboxylic acids is 1. The molecule has 2 aromatic carbocycles. The van der Waals surface area contributed by atoms with E-state index in [-0.39, 0.29) is 17.2 Å². The van der Waals surface area contributed by atoms with Crippen LogP contribution in [-0.4, -0.2) is 49.6 Å². The summed E-state index contributed by atoms with van der Waals surface area (Å²) in [6, 6.07) is 7.77. The van der Waals surface area contributed by atoms with Crippen molar-refractivity contribution in [3.05, 3.63) is 47.5 Å². The van der Waals surface area contributed by atoms with Gasteiger partial charge in [-0.3, -0.25) is 9.69 Å². The number of thioether (sulfide) groups is 1. The molecule has 0 unspecified atom stereocenters. The Labute approximate surface area is 182 Å². The number of benzene rings is 2. The summed E-state index contributed by atoms with van der Waals surface area (Å²) in [6.45, 7) is 0.389. The quantitative estimate of drug-likeness (QED) is 0.637. The van der Waals surface area contributed by atoms with Crippen LogP contribution in [0.3, 0.4) is 0 Å². The Bertz CT molecular complexity index is 970. The summed E-state index contributed by atoms with van der Waals surface area (Å²) in [5.74, 6) is 1.35. The molecule has 1 saturated heterocycles. The van der Waals surface area contributed by atoms with Gasteiger partial charge in [0, 0.05) is 17.9 Å². The summed E-state index contributed by atoms with van der Waals surface area (Å²) < 4.78 is 55.0. The van der Waals surface area contributed by atoms with Crippen LogP contribution in [0.25, 0.3) is 0 Å². The van der Waals surface area contributed by atoms with Crippen LogP contribution in [0.5, 0.6) is 17.2 Å². The summed E-state index contributed by atoms with van der Waals surface area (Å²) in [6.07, 6.45) is -3.75. The molecular formula is C21H21F3N2O4S. The fourth-order valence-electron chi connectivity index (χ4n) is 3.06. The van der Waals surface area contributed by atoms with E-state index < -0.39 is 11.7 Å². The first-order valence-corrected chi connectivity index (χ1v) is 10.3. The molecule has 0 spiro atoms. The number of carbonyl (C=O) groups is 1. The van der Waals surface area contributed by atoms with E-state index in [1.807, 2.05) is 0 Å². The molecule has 1 heterocycles. The molecule has 6 nitrogen and oxygen atoms in total. The van der Waals surface area contributed by atoms with E-state index >= 15 is 0 Å². The molecule has 10 heteroatoms. The van der Waals surface area contributed by atoms with Gasteiger partial charge in [0.15, 0.2) is 16.7 Å². The zero-order valence-corrected chi connectivity index (χ0v) is 18.0. The number of amidine groups is 1. The highest BCUT2D eigenvalue weighted by Crippen LogP contribution is 2.39. The summed E-state index contributed by atoms with van der Waals surface area (Å²) in [5.41, 5.74) is -0.381. The molecule has 1 aliphatic heterocycles. The Morgan fingerprint density at radius 2 is 1.74 bits per heavy atom. The van der Waals surface area contributed by atoms with Crippen LogP contribution in [0.1, 0.15) is 22.3 Å². The number of rotatable bonds is 5. The second kappa shape index (κ2) is 9.51. The van der Waals surface area contributed by atoms with Crippen molar-refractivity contribution in [1.82, 2.24) is 4.90 Å². The minimum absolute atomic E-state index is 0.127. The van der Waals surface area contributed by atoms with Gasteiger partial charge < -0.3 is 14.2 Å². The number of methoxy groups -OCH3 is 3. The molecule has 31 heavy (non-hydrogen) atoms. The van der Waals surface area contributed by atoms with Crippen molar-refractivity contribution >= 4 is 28.5 Å².